The van der Waals surface area contributed by atoms with E-state index in [-0.39, 0.29) is 6.10 Å². The summed E-state index contributed by atoms with van der Waals surface area (Å²) in [5.41, 5.74) is 1.22. The number of rotatable bonds is 5. The number of fused-ring (bicyclic) bond motifs is 1. The number of benzene rings is 2. The van der Waals surface area contributed by atoms with E-state index in [0.717, 1.165) is 6.54 Å². The van der Waals surface area contributed by atoms with Crippen LogP contribution in [0.1, 0.15) is 12.5 Å². The summed E-state index contributed by atoms with van der Waals surface area (Å²) < 4.78 is 0. The number of aliphatic hydroxyl groups excluding tert-OH is 1. The fourth-order valence-electron chi connectivity index (χ4n) is 2.11. The van der Waals surface area contributed by atoms with Crippen LogP contribution in [-0.2, 0) is 6.42 Å². The van der Waals surface area contributed by atoms with Gasteiger partial charge in [0, 0.05) is 13.0 Å². The lowest BCUT2D eigenvalue weighted by molar-refractivity contribution is 0.173. The van der Waals surface area contributed by atoms with Crippen molar-refractivity contribution >= 4 is 10.8 Å². The first kappa shape index (κ1) is 12.1. The fraction of sp³-hybridized carbons (Fsp3) is 0.333. The van der Waals surface area contributed by atoms with Gasteiger partial charge in [0.05, 0.1) is 6.10 Å². The minimum absolute atomic E-state index is 0.319. The van der Waals surface area contributed by atoms with E-state index < -0.39 is 0 Å². The molecule has 90 valence electrons. The first-order valence-corrected chi connectivity index (χ1v) is 6.16. The van der Waals surface area contributed by atoms with E-state index in [0.29, 0.717) is 13.0 Å². The van der Waals surface area contributed by atoms with Gasteiger partial charge >= 0.3 is 0 Å². The zero-order valence-electron chi connectivity index (χ0n) is 10.2. The summed E-state index contributed by atoms with van der Waals surface area (Å²) in [5.74, 6) is 0. The van der Waals surface area contributed by atoms with Crippen LogP contribution in [-0.4, -0.2) is 24.3 Å². The van der Waals surface area contributed by atoms with Crippen molar-refractivity contribution in [1.29, 1.82) is 0 Å². The third-order valence-corrected chi connectivity index (χ3v) is 2.97. The molecule has 1 atom stereocenters. The highest BCUT2D eigenvalue weighted by atomic mass is 16.3. The lowest BCUT2D eigenvalue weighted by Crippen LogP contribution is -2.28. The summed E-state index contributed by atoms with van der Waals surface area (Å²) >= 11 is 0. The van der Waals surface area contributed by atoms with Crippen LogP contribution in [0, 0.1) is 0 Å². The predicted octanol–water partition coefficient (Wildman–Crippen LogP) is 2.35. The third kappa shape index (κ3) is 3.05. The van der Waals surface area contributed by atoms with Gasteiger partial charge in [0.25, 0.3) is 0 Å². The standard InChI is InChI=1S/C15H19NO/c1-2-16-11-14(17)10-13-8-5-7-12-6-3-4-9-15(12)13/h3-9,14,16-17H,2,10-11H2,1H3. The van der Waals surface area contributed by atoms with E-state index in [1.807, 2.05) is 19.1 Å². The van der Waals surface area contributed by atoms with Crippen molar-refractivity contribution in [1.82, 2.24) is 5.32 Å². The second-order valence-corrected chi connectivity index (χ2v) is 4.30. The molecule has 0 radical (unpaired) electrons. The maximum absolute atomic E-state index is 9.93. The third-order valence-electron chi connectivity index (χ3n) is 2.97. The molecule has 2 aromatic carbocycles. The molecule has 2 aromatic rings. The van der Waals surface area contributed by atoms with E-state index in [4.69, 9.17) is 0 Å². The minimum Gasteiger partial charge on any atom is -0.391 e. The molecule has 0 bridgehead atoms. The van der Waals surface area contributed by atoms with Gasteiger partial charge in [-0.25, -0.2) is 0 Å². The van der Waals surface area contributed by atoms with Gasteiger partial charge in [-0.05, 0) is 22.9 Å². The predicted molar refractivity (Wildman–Crippen MR) is 72.2 cm³/mol. The summed E-state index contributed by atoms with van der Waals surface area (Å²) in [5, 5.41) is 15.6. The average Bonchev–Trinajstić information content (AvgIpc) is 2.37. The molecule has 1 unspecified atom stereocenters. The van der Waals surface area contributed by atoms with Gasteiger partial charge in [-0.1, -0.05) is 49.4 Å². The maximum atomic E-state index is 9.93. The molecule has 0 fully saturated rings. The molecule has 0 aromatic heterocycles. The van der Waals surface area contributed by atoms with Gasteiger partial charge in [-0.3, -0.25) is 0 Å². The SMILES string of the molecule is CCNCC(O)Cc1cccc2ccccc12. The molecule has 2 nitrogen and oxygen atoms in total. The Balaban J connectivity index is 2.18. The number of hydrogen-bond donors (Lipinski definition) is 2. The van der Waals surface area contributed by atoms with E-state index in [9.17, 15) is 5.11 Å². The van der Waals surface area contributed by atoms with Crippen LogP contribution >= 0.6 is 0 Å². The molecule has 0 aliphatic carbocycles. The van der Waals surface area contributed by atoms with Gasteiger partial charge in [-0.15, -0.1) is 0 Å². The van der Waals surface area contributed by atoms with Crippen LogP contribution in [0.15, 0.2) is 42.5 Å². The van der Waals surface area contributed by atoms with Gasteiger partial charge in [0.1, 0.15) is 0 Å². The van der Waals surface area contributed by atoms with E-state index in [2.05, 4.69) is 35.6 Å². The van der Waals surface area contributed by atoms with Crippen LogP contribution < -0.4 is 5.32 Å². The Morgan fingerprint density at radius 3 is 2.71 bits per heavy atom. The molecule has 0 saturated carbocycles. The highest BCUT2D eigenvalue weighted by molar-refractivity contribution is 5.85. The van der Waals surface area contributed by atoms with Crippen molar-refractivity contribution in [2.24, 2.45) is 0 Å². The lowest BCUT2D eigenvalue weighted by atomic mass is 10.00. The van der Waals surface area contributed by atoms with Crippen molar-refractivity contribution in [2.75, 3.05) is 13.1 Å². The summed E-state index contributed by atoms with van der Waals surface area (Å²) in [7, 11) is 0. The Hall–Kier alpha value is -1.38. The molecule has 17 heavy (non-hydrogen) atoms. The number of aliphatic hydroxyl groups is 1. The van der Waals surface area contributed by atoms with Gasteiger partial charge in [0.15, 0.2) is 0 Å². The molecule has 0 aliphatic heterocycles. The maximum Gasteiger partial charge on any atom is 0.0705 e. The molecule has 2 rings (SSSR count). The molecular formula is C15H19NO. The fourth-order valence-corrected chi connectivity index (χ4v) is 2.11. The van der Waals surface area contributed by atoms with Gasteiger partial charge in [-0.2, -0.15) is 0 Å². The highest BCUT2D eigenvalue weighted by Gasteiger charge is 2.07. The Bertz CT molecular complexity index is 476. The van der Waals surface area contributed by atoms with Crippen molar-refractivity contribution in [3.05, 3.63) is 48.0 Å². The normalized spacial score (nSPS) is 12.8. The Kier molecular flexibility index (Phi) is 4.13. The average molecular weight is 229 g/mol. The number of hydrogen-bond acceptors (Lipinski definition) is 2. The number of nitrogens with one attached hydrogen (secondary N) is 1. The molecule has 0 spiro atoms. The van der Waals surface area contributed by atoms with Crippen LogP contribution in [0.5, 0.6) is 0 Å². The Morgan fingerprint density at radius 2 is 1.88 bits per heavy atom. The van der Waals surface area contributed by atoms with Crippen LogP contribution in [0.2, 0.25) is 0 Å². The Morgan fingerprint density at radius 1 is 1.12 bits per heavy atom. The second kappa shape index (κ2) is 5.80. The van der Waals surface area contributed by atoms with Gasteiger partial charge < -0.3 is 10.4 Å². The topological polar surface area (TPSA) is 32.3 Å². The zero-order valence-corrected chi connectivity index (χ0v) is 10.2. The monoisotopic (exact) mass is 229 g/mol. The van der Waals surface area contributed by atoms with Crippen LogP contribution in [0.4, 0.5) is 0 Å². The summed E-state index contributed by atoms with van der Waals surface area (Å²) in [6.07, 6.45) is 0.384. The summed E-state index contributed by atoms with van der Waals surface area (Å²) in [6, 6.07) is 14.6. The molecule has 0 heterocycles. The smallest absolute Gasteiger partial charge is 0.0705 e. The molecule has 0 saturated heterocycles. The first-order valence-electron chi connectivity index (χ1n) is 6.16. The zero-order chi connectivity index (χ0) is 12.1. The Labute approximate surface area is 102 Å². The summed E-state index contributed by atoms with van der Waals surface area (Å²) in [6.45, 7) is 3.59. The van der Waals surface area contributed by atoms with Crippen molar-refractivity contribution < 1.29 is 5.11 Å². The second-order valence-electron chi connectivity index (χ2n) is 4.30. The molecular weight excluding hydrogens is 210 g/mol. The highest BCUT2D eigenvalue weighted by Crippen LogP contribution is 2.19. The number of likely N-dealkylation sites (N-methyl/N-ethyl adjacent to an activating group) is 1. The van der Waals surface area contributed by atoms with E-state index in [1.54, 1.807) is 0 Å². The van der Waals surface area contributed by atoms with Crippen molar-refractivity contribution in [3.63, 3.8) is 0 Å². The van der Waals surface area contributed by atoms with Crippen LogP contribution in [0.25, 0.3) is 10.8 Å². The largest absolute Gasteiger partial charge is 0.391 e. The molecule has 0 amide bonds. The molecule has 2 heteroatoms. The molecule has 2 N–H and O–H groups in total. The van der Waals surface area contributed by atoms with Crippen molar-refractivity contribution in [3.8, 4) is 0 Å². The van der Waals surface area contributed by atoms with E-state index >= 15 is 0 Å². The molecule has 0 aliphatic rings. The van der Waals surface area contributed by atoms with Crippen molar-refractivity contribution in [2.45, 2.75) is 19.4 Å². The van der Waals surface area contributed by atoms with Crippen LogP contribution in [0.3, 0.4) is 0 Å². The lowest BCUT2D eigenvalue weighted by Gasteiger charge is -2.12. The minimum atomic E-state index is -0.319. The quantitative estimate of drug-likeness (QED) is 0.825. The summed E-state index contributed by atoms with van der Waals surface area (Å²) in [4.78, 5) is 0. The first-order chi connectivity index (χ1) is 8.31. The van der Waals surface area contributed by atoms with Gasteiger partial charge in [0.2, 0.25) is 0 Å². The van der Waals surface area contributed by atoms with E-state index in [1.165, 1.54) is 16.3 Å².